The van der Waals surface area contributed by atoms with Gasteiger partial charge in [-0.15, -0.1) is 11.3 Å². The van der Waals surface area contributed by atoms with Gasteiger partial charge in [-0.25, -0.2) is 18.6 Å². The number of rotatable bonds is 7. The molecular weight excluding hydrogens is 494 g/mol. The van der Waals surface area contributed by atoms with Gasteiger partial charge in [0.1, 0.15) is 17.8 Å². The van der Waals surface area contributed by atoms with E-state index in [4.69, 9.17) is 0 Å². The molecule has 4 N–H and O–H groups in total. The van der Waals surface area contributed by atoms with Gasteiger partial charge < -0.3 is 25.7 Å². The molecule has 0 radical (unpaired) electrons. The van der Waals surface area contributed by atoms with E-state index in [0.29, 0.717) is 16.0 Å². The summed E-state index contributed by atoms with van der Waals surface area (Å²) in [6.45, 7) is 6.76. The molecule has 2 heterocycles. The standard InChI is InChI=1S/C24H30F2N4O5S/c1-12(13-5-7-14(8-6-13)18-17(20(25)26)27-11-36-18)28-21(32)16-9-15(31)10-30(16)22(33)19(24(2,3)4)29-23(34)35/h5-8,11-12,15-16,19-20,29,31H,9-10H2,1-4H3,(H,28,32)(H,34,35)/t12?,15-,16+,19?/m1/s1. The number of halogens is 2. The molecule has 0 spiro atoms. The molecule has 1 saturated heterocycles. The van der Waals surface area contributed by atoms with Crippen LogP contribution in [0.3, 0.4) is 0 Å². The number of likely N-dealkylation sites (tertiary alicyclic amines) is 1. The number of hydrogen-bond donors (Lipinski definition) is 4. The van der Waals surface area contributed by atoms with Crippen molar-refractivity contribution in [1.29, 1.82) is 0 Å². The predicted molar refractivity (Wildman–Crippen MR) is 130 cm³/mol. The lowest BCUT2D eigenvalue weighted by atomic mass is 9.85. The van der Waals surface area contributed by atoms with Crippen LogP contribution in [0.25, 0.3) is 10.4 Å². The van der Waals surface area contributed by atoms with Crippen molar-refractivity contribution in [2.24, 2.45) is 5.41 Å². The Hall–Kier alpha value is -3.12. The molecule has 1 aliphatic heterocycles. The number of carbonyl (C=O) groups is 3. The summed E-state index contributed by atoms with van der Waals surface area (Å²) < 4.78 is 26.3. The van der Waals surface area contributed by atoms with Gasteiger partial charge in [0.15, 0.2) is 0 Å². The highest BCUT2D eigenvalue weighted by Gasteiger charge is 2.44. The fourth-order valence-corrected chi connectivity index (χ4v) is 4.99. The minimum atomic E-state index is -2.68. The van der Waals surface area contributed by atoms with Crippen LogP contribution in [0.1, 0.15) is 57.8 Å². The normalized spacial score (nSPS) is 19.7. The summed E-state index contributed by atoms with van der Waals surface area (Å²) in [4.78, 5) is 42.9. The van der Waals surface area contributed by atoms with E-state index < -0.39 is 54.0 Å². The van der Waals surface area contributed by atoms with Crippen molar-refractivity contribution >= 4 is 29.2 Å². The number of aliphatic hydroxyl groups excluding tert-OH is 1. The lowest BCUT2D eigenvalue weighted by Gasteiger charge is -2.34. The molecule has 0 aliphatic carbocycles. The summed E-state index contributed by atoms with van der Waals surface area (Å²) in [5.74, 6) is -1.07. The van der Waals surface area contributed by atoms with Gasteiger partial charge in [-0.3, -0.25) is 9.59 Å². The maximum Gasteiger partial charge on any atom is 0.405 e. The number of thiazole rings is 1. The molecule has 2 unspecified atom stereocenters. The minimum absolute atomic E-state index is 0.0228. The second-order valence-electron chi connectivity index (χ2n) is 9.86. The molecule has 3 amide bonds. The summed E-state index contributed by atoms with van der Waals surface area (Å²) in [5.41, 5.74) is 1.63. The van der Waals surface area contributed by atoms with Gasteiger partial charge in [-0.1, -0.05) is 45.0 Å². The van der Waals surface area contributed by atoms with Crippen molar-refractivity contribution in [2.45, 2.75) is 64.8 Å². The monoisotopic (exact) mass is 524 g/mol. The van der Waals surface area contributed by atoms with Gasteiger partial charge in [-0.2, -0.15) is 0 Å². The van der Waals surface area contributed by atoms with E-state index in [1.165, 1.54) is 10.4 Å². The average molecular weight is 525 g/mol. The number of hydrogen-bond acceptors (Lipinski definition) is 6. The maximum absolute atomic E-state index is 13.2. The Morgan fingerprint density at radius 3 is 2.36 bits per heavy atom. The SMILES string of the molecule is CC(NC(=O)[C@@H]1C[C@@H](O)CN1C(=O)C(NC(=O)O)C(C)(C)C)c1ccc(-c2scnc2C(F)F)cc1. The highest BCUT2D eigenvalue weighted by molar-refractivity contribution is 7.13. The fourth-order valence-electron chi connectivity index (χ4n) is 4.19. The van der Waals surface area contributed by atoms with Gasteiger partial charge >= 0.3 is 6.09 Å². The predicted octanol–water partition coefficient (Wildman–Crippen LogP) is 3.57. The molecule has 0 saturated carbocycles. The Morgan fingerprint density at radius 2 is 1.81 bits per heavy atom. The van der Waals surface area contributed by atoms with Gasteiger partial charge in [-0.05, 0) is 23.5 Å². The number of alkyl halides is 2. The van der Waals surface area contributed by atoms with Crippen LogP contribution in [-0.2, 0) is 9.59 Å². The van der Waals surface area contributed by atoms with Crippen molar-refractivity contribution in [3.8, 4) is 10.4 Å². The number of nitrogens with zero attached hydrogens (tertiary/aromatic N) is 2. The largest absolute Gasteiger partial charge is 0.465 e. The van der Waals surface area contributed by atoms with Crippen LogP contribution in [0.15, 0.2) is 29.8 Å². The van der Waals surface area contributed by atoms with Crippen molar-refractivity contribution < 1.29 is 33.4 Å². The topological polar surface area (TPSA) is 132 Å². The molecule has 12 heteroatoms. The molecule has 36 heavy (non-hydrogen) atoms. The van der Waals surface area contributed by atoms with Crippen molar-refractivity contribution in [3.63, 3.8) is 0 Å². The molecule has 2 aromatic rings. The first kappa shape index (κ1) is 27.5. The Balaban J connectivity index is 1.73. The fraction of sp³-hybridized carbons (Fsp3) is 0.500. The van der Waals surface area contributed by atoms with E-state index in [1.807, 2.05) is 0 Å². The van der Waals surface area contributed by atoms with Gasteiger partial charge in [0.25, 0.3) is 6.43 Å². The molecule has 4 atom stereocenters. The smallest absolute Gasteiger partial charge is 0.405 e. The summed E-state index contributed by atoms with van der Waals surface area (Å²) in [5, 5.41) is 24.4. The summed E-state index contributed by atoms with van der Waals surface area (Å²) in [7, 11) is 0. The molecule has 1 fully saturated rings. The molecule has 9 nitrogen and oxygen atoms in total. The van der Waals surface area contributed by atoms with E-state index in [0.717, 1.165) is 11.3 Å². The van der Waals surface area contributed by atoms with Crippen LogP contribution in [0, 0.1) is 5.41 Å². The van der Waals surface area contributed by atoms with Gasteiger partial charge in [0.05, 0.1) is 22.5 Å². The van der Waals surface area contributed by atoms with Gasteiger partial charge in [0, 0.05) is 13.0 Å². The third kappa shape index (κ3) is 6.16. The van der Waals surface area contributed by atoms with Crippen LogP contribution >= 0.6 is 11.3 Å². The second-order valence-corrected chi connectivity index (χ2v) is 10.7. The van der Waals surface area contributed by atoms with Crippen LogP contribution in [0.5, 0.6) is 0 Å². The van der Waals surface area contributed by atoms with Crippen molar-refractivity contribution in [2.75, 3.05) is 6.54 Å². The molecule has 3 rings (SSSR count). The first-order valence-corrected chi connectivity index (χ1v) is 12.3. The quantitative estimate of drug-likeness (QED) is 0.438. The second kappa shape index (κ2) is 10.9. The van der Waals surface area contributed by atoms with Crippen molar-refractivity contribution in [3.05, 3.63) is 41.0 Å². The lowest BCUT2D eigenvalue weighted by molar-refractivity contribution is -0.142. The average Bonchev–Trinajstić information content (AvgIpc) is 3.43. The van der Waals surface area contributed by atoms with Crippen LogP contribution in [-0.4, -0.2) is 62.7 Å². The first-order valence-electron chi connectivity index (χ1n) is 11.4. The lowest BCUT2D eigenvalue weighted by Crippen LogP contribution is -2.57. The van der Waals surface area contributed by atoms with E-state index in [2.05, 4.69) is 15.6 Å². The Kier molecular flexibility index (Phi) is 8.29. The van der Waals surface area contributed by atoms with Crippen molar-refractivity contribution in [1.82, 2.24) is 20.5 Å². The minimum Gasteiger partial charge on any atom is -0.465 e. The van der Waals surface area contributed by atoms with Crippen LogP contribution in [0.4, 0.5) is 13.6 Å². The Morgan fingerprint density at radius 1 is 1.17 bits per heavy atom. The number of nitrogens with one attached hydrogen (secondary N) is 2. The molecule has 0 bridgehead atoms. The first-order chi connectivity index (χ1) is 16.8. The molecular formula is C24H30F2N4O5S. The third-order valence-corrected chi connectivity index (χ3v) is 6.97. The number of benzene rings is 1. The Labute approximate surface area is 211 Å². The number of aromatic nitrogens is 1. The number of carbonyl (C=O) groups excluding carboxylic acids is 2. The third-order valence-electron chi connectivity index (χ3n) is 6.08. The zero-order valence-electron chi connectivity index (χ0n) is 20.4. The van der Waals surface area contributed by atoms with Gasteiger partial charge in [0.2, 0.25) is 11.8 Å². The number of carboxylic acid groups (broad SMARTS) is 1. The number of amides is 3. The number of aliphatic hydroxyl groups is 1. The van der Waals surface area contributed by atoms with E-state index in [1.54, 1.807) is 52.0 Å². The van der Waals surface area contributed by atoms with E-state index in [9.17, 15) is 33.4 Å². The van der Waals surface area contributed by atoms with Crippen LogP contribution < -0.4 is 10.6 Å². The molecule has 196 valence electrons. The van der Waals surface area contributed by atoms with E-state index in [-0.39, 0.29) is 18.7 Å². The highest BCUT2D eigenvalue weighted by Crippen LogP contribution is 2.34. The summed E-state index contributed by atoms with van der Waals surface area (Å²) in [6, 6.07) is 4.23. The van der Waals surface area contributed by atoms with E-state index >= 15 is 0 Å². The Bertz CT molecular complexity index is 1100. The molecule has 1 aromatic heterocycles. The number of β-amino-alcohol motifs (C(OH)–C–C–N with tert-alkyl or cyclic N) is 1. The van der Waals surface area contributed by atoms with Crippen LogP contribution in [0.2, 0.25) is 0 Å². The maximum atomic E-state index is 13.2. The molecule has 1 aromatic carbocycles. The zero-order valence-corrected chi connectivity index (χ0v) is 21.2. The molecule has 1 aliphatic rings. The highest BCUT2D eigenvalue weighted by atomic mass is 32.1. The summed E-state index contributed by atoms with van der Waals surface area (Å²) in [6.07, 6.45) is -4.94. The summed E-state index contributed by atoms with van der Waals surface area (Å²) >= 11 is 1.12. The zero-order chi connectivity index (χ0) is 26.8.